The second-order valence-electron chi connectivity index (χ2n) is 3.33. The first-order valence-corrected chi connectivity index (χ1v) is 5.11. The van der Waals surface area contributed by atoms with Crippen LogP contribution in [0.15, 0.2) is 0 Å². The number of hydrogen-bond acceptors (Lipinski definition) is 7. The molecule has 1 rings (SSSR count). The Kier molecular flexibility index (Phi) is 4.93. The van der Waals surface area contributed by atoms with Crippen LogP contribution in [0.5, 0.6) is 0 Å². The molecule has 0 radical (unpaired) electrons. The molecule has 0 aromatic rings. The summed E-state index contributed by atoms with van der Waals surface area (Å²) in [5.41, 5.74) is 0. The third-order valence-corrected chi connectivity index (χ3v) is 2.29. The summed E-state index contributed by atoms with van der Waals surface area (Å²) in [7, 11) is 0. The van der Waals surface area contributed by atoms with Crippen LogP contribution in [0.1, 0.15) is 13.3 Å². The molecule has 0 spiro atoms. The van der Waals surface area contributed by atoms with Crippen molar-refractivity contribution < 1.29 is 19.5 Å². The zero-order valence-electron chi connectivity index (χ0n) is 9.05. The molecular formula is C8H15N3O5. The molecule has 1 unspecified atom stereocenters. The van der Waals surface area contributed by atoms with E-state index in [1.807, 2.05) is 11.8 Å². The zero-order valence-corrected chi connectivity index (χ0v) is 9.05. The number of nitrogens with one attached hydrogen (secondary N) is 1. The minimum absolute atomic E-state index is 0.463. The molecule has 0 aliphatic carbocycles. The minimum Gasteiger partial charge on any atom is -0.426 e. The Morgan fingerprint density at radius 1 is 1.56 bits per heavy atom. The van der Waals surface area contributed by atoms with Gasteiger partial charge in [-0.3, -0.25) is 4.90 Å². The Hall–Kier alpha value is -1.41. The monoisotopic (exact) mass is 233 g/mol. The maximum absolute atomic E-state index is 10.9. The fourth-order valence-electron chi connectivity index (χ4n) is 1.58. The van der Waals surface area contributed by atoms with Crippen LogP contribution in [0.3, 0.4) is 0 Å². The molecule has 92 valence electrons. The van der Waals surface area contributed by atoms with E-state index >= 15 is 0 Å². The highest BCUT2D eigenvalue weighted by atomic mass is 17.0. The van der Waals surface area contributed by atoms with E-state index in [-0.39, 0.29) is 0 Å². The van der Waals surface area contributed by atoms with Gasteiger partial charge in [0.05, 0.1) is 0 Å². The molecule has 1 aliphatic rings. The number of piperazine rings is 1. The maximum Gasteiger partial charge on any atom is 0.488 e. The van der Waals surface area contributed by atoms with Gasteiger partial charge in [-0.15, -0.1) is 10.1 Å². The molecule has 0 amide bonds. The van der Waals surface area contributed by atoms with E-state index in [9.17, 15) is 14.9 Å². The van der Waals surface area contributed by atoms with Crippen molar-refractivity contribution in [3.63, 3.8) is 0 Å². The fraction of sp³-hybridized carbons (Fsp3) is 0.875. The van der Waals surface area contributed by atoms with Crippen LogP contribution in [0.25, 0.3) is 0 Å². The minimum atomic E-state index is -1.27. The van der Waals surface area contributed by atoms with Crippen molar-refractivity contribution >= 4 is 6.16 Å². The largest absolute Gasteiger partial charge is 0.488 e. The Balaban J connectivity index is 2.40. The number of rotatable bonds is 4. The van der Waals surface area contributed by atoms with Crippen LogP contribution in [0.2, 0.25) is 0 Å². The summed E-state index contributed by atoms with van der Waals surface area (Å²) < 4.78 is 4.85. The molecule has 1 atom stereocenters. The van der Waals surface area contributed by atoms with Crippen LogP contribution in [0.4, 0.5) is 4.79 Å². The predicted octanol–water partition coefficient (Wildman–Crippen LogP) is -0.0274. The first-order valence-electron chi connectivity index (χ1n) is 5.11. The van der Waals surface area contributed by atoms with Crippen molar-refractivity contribution in [1.82, 2.24) is 10.2 Å². The quantitative estimate of drug-likeness (QED) is 0.414. The Morgan fingerprint density at radius 3 is 2.69 bits per heavy atom. The summed E-state index contributed by atoms with van der Waals surface area (Å²) in [4.78, 5) is 26.5. The summed E-state index contributed by atoms with van der Waals surface area (Å²) in [6.07, 6.45) is -1.17. The van der Waals surface area contributed by atoms with E-state index in [0.29, 0.717) is 6.42 Å². The lowest BCUT2D eigenvalue weighted by Crippen LogP contribution is -2.49. The van der Waals surface area contributed by atoms with Crippen molar-refractivity contribution in [3.8, 4) is 0 Å². The lowest BCUT2D eigenvalue weighted by molar-refractivity contribution is -0.731. The van der Waals surface area contributed by atoms with E-state index < -0.39 is 17.5 Å². The van der Waals surface area contributed by atoms with Crippen molar-refractivity contribution in [2.45, 2.75) is 19.6 Å². The van der Waals surface area contributed by atoms with Crippen LogP contribution < -0.4 is 5.32 Å². The Labute approximate surface area is 92.6 Å². The number of hydrogen-bond donors (Lipinski definition) is 1. The number of carbonyl (C=O) groups is 1. The van der Waals surface area contributed by atoms with Crippen molar-refractivity contribution in [1.29, 1.82) is 0 Å². The average molecular weight is 233 g/mol. The van der Waals surface area contributed by atoms with Crippen molar-refractivity contribution in [3.05, 3.63) is 10.1 Å². The molecule has 1 aliphatic heterocycles. The molecular weight excluding hydrogens is 218 g/mol. The molecule has 0 saturated carbocycles. The predicted molar refractivity (Wildman–Crippen MR) is 53.1 cm³/mol. The van der Waals surface area contributed by atoms with Gasteiger partial charge in [-0.05, 0) is 6.42 Å². The van der Waals surface area contributed by atoms with Gasteiger partial charge in [-0.2, -0.15) is 4.84 Å². The number of carbonyl (C=O) groups excluding carboxylic acids is 1. The molecule has 8 nitrogen and oxygen atoms in total. The summed E-state index contributed by atoms with van der Waals surface area (Å²) in [6.45, 7) is 4.94. The van der Waals surface area contributed by atoms with Gasteiger partial charge < -0.3 is 10.1 Å². The van der Waals surface area contributed by atoms with E-state index in [2.05, 4.69) is 10.2 Å². The third-order valence-electron chi connectivity index (χ3n) is 2.29. The molecule has 0 aromatic heterocycles. The summed E-state index contributed by atoms with van der Waals surface area (Å²) in [5.74, 6) is 0. The highest BCUT2D eigenvalue weighted by Crippen LogP contribution is 2.08. The van der Waals surface area contributed by atoms with Crippen LogP contribution >= 0.6 is 0 Å². The van der Waals surface area contributed by atoms with Gasteiger partial charge in [0.25, 0.3) is 0 Å². The number of nitrogens with zero attached hydrogens (tertiary/aromatic N) is 2. The second kappa shape index (κ2) is 6.23. The third kappa shape index (κ3) is 3.99. The first kappa shape index (κ1) is 12.7. The lowest BCUT2D eigenvalue weighted by atomic mass is 10.3. The average Bonchev–Trinajstić information content (AvgIpc) is 2.26. The van der Waals surface area contributed by atoms with E-state index in [1.165, 1.54) is 0 Å². The van der Waals surface area contributed by atoms with Crippen molar-refractivity contribution in [2.24, 2.45) is 0 Å². The number of ether oxygens (including phenoxy) is 1. The second-order valence-corrected chi connectivity index (χ2v) is 3.33. The Morgan fingerprint density at radius 2 is 2.19 bits per heavy atom. The van der Waals surface area contributed by atoms with Crippen LogP contribution in [-0.2, 0) is 9.57 Å². The summed E-state index contributed by atoms with van der Waals surface area (Å²) in [6, 6.07) is 0. The van der Waals surface area contributed by atoms with E-state index in [1.54, 1.807) is 0 Å². The van der Waals surface area contributed by atoms with Gasteiger partial charge in [0.2, 0.25) is 0 Å². The molecule has 1 saturated heterocycles. The van der Waals surface area contributed by atoms with Gasteiger partial charge in [0.1, 0.15) is 0 Å². The van der Waals surface area contributed by atoms with Gasteiger partial charge in [0, 0.05) is 26.2 Å². The molecule has 0 bridgehead atoms. The molecule has 8 heteroatoms. The highest BCUT2D eigenvalue weighted by molar-refractivity contribution is 5.59. The normalized spacial score (nSPS) is 18.8. The van der Waals surface area contributed by atoms with E-state index in [0.717, 1.165) is 26.2 Å². The molecule has 0 aromatic carbocycles. The van der Waals surface area contributed by atoms with Gasteiger partial charge in [-0.25, -0.2) is 4.79 Å². The van der Waals surface area contributed by atoms with E-state index in [4.69, 9.17) is 4.74 Å². The van der Waals surface area contributed by atoms with Crippen LogP contribution in [-0.4, -0.2) is 48.5 Å². The molecule has 1 heterocycles. The molecule has 1 fully saturated rings. The topological polar surface area (TPSA) is 93.9 Å². The standard InChI is InChI=1S/C8H15N3O5/c1-2-7(10-5-3-9-4-6-10)15-8(12)16-11(13)14/h7,9H,2-6H2,1H3. The van der Waals surface area contributed by atoms with Gasteiger partial charge in [0.15, 0.2) is 6.23 Å². The molecule has 16 heavy (non-hydrogen) atoms. The zero-order chi connectivity index (χ0) is 12.0. The van der Waals surface area contributed by atoms with Gasteiger partial charge in [-0.1, -0.05) is 6.92 Å². The van der Waals surface area contributed by atoms with Gasteiger partial charge >= 0.3 is 11.2 Å². The fourth-order valence-corrected chi connectivity index (χ4v) is 1.58. The van der Waals surface area contributed by atoms with Crippen molar-refractivity contribution in [2.75, 3.05) is 26.2 Å². The maximum atomic E-state index is 10.9. The lowest BCUT2D eigenvalue weighted by Gasteiger charge is -2.33. The molecule has 1 N–H and O–H groups in total. The Bertz CT molecular complexity index is 254. The highest BCUT2D eigenvalue weighted by Gasteiger charge is 2.23. The smallest absolute Gasteiger partial charge is 0.426 e. The summed E-state index contributed by atoms with van der Waals surface area (Å²) in [5, 5.41) is 11.9. The summed E-state index contributed by atoms with van der Waals surface area (Å²) >= 11 is 0. The SMILES string of the molecule is CCC(OC(=O)O[N+](=O)[O-])N1CCNCC1. The van der Waals surface area contributed by atoms with Crippen LogP contribution in [0, 0.1) is 10.1 Å². The first-order chi connectivity index (χ1) is 7.63.